The Labute approximate surface area is 240 Å². The van der Waals surface area contributed by atoms with Crippen LogP contribution >= 0.6 is 0 Å². The Morgan fingerprint density at radius 3 is 2.62 bits per heavy atom. The van der Waals surface area contributed by atoms with Gasteiger partial charge in [-0.3, -0.25) is 10.1 Å². The van der Waals surface area contributed by atoms with Crippen molar-refractivity contribution in [2.45, 2.75) is 111 Å². The van der Waals surface area contributed by atoms with Crippen LogP contribution in [0.5, 0.6) is 5.75 Å². The second-order valence-corrected chi connectivity index (χ2v) is 14.4. The van der Waals surface area contributed by atoms with E-state index in [1.165, 1.54) is 74.8 Å². The highest BCUT2D eigenvalue weighted by Gasteiger charge is 2.59. The quantitative estimate of drug-likeness (QED) is 0.106. The lowest BCUT2D eigenvalue weighted by molar-refractivity contribution is -0.384. The summed E-state index contributed by atoms with van der Waals surface area (Å²) in [5.74, 6) is 4.95. The SMILES string of the molecule is CC(C)CCC[C@H](C)[C@H]1CC[C@H]2[C@@H]3CC=C4C[C@@H](OC(=O)Oc5cccc([N+](=O)[O-])c5)CC[C@]4(C)[C@H]3CC[C@]12C. The van der Waals surface area contributed by atoms with Crippen molar-refractivity contribution in [1.29, 1.82) is 0 Å². The maximum Gasteiger partial charge on any atom is 0.514 e. The fourth-order valence-electron chi connectivity index (χ4n) is 9.67. The van der Waals surface area contributed by atoms with Crippen LogP contribution in [-0.2, 0) is 4.74 Å². The summed E-state index contributed by atoms with van der Waals surface area (Å²) in [7, 11) is 0. The lowest BCUT2D eigenvalue weighted by atomic mass is 9.47. The highest BCUT2D eigenvalue weighted by atomic mass is 16.7. The first-order valence-corrected chi connectivity index (χ1v) is 15.8. The summed E-state index contributed by atoms with van der Waals surface area (Å²) in [6.07, 6.45) is 14.9. The number of carbonyl (C=O) groups is 1. The molecule has 8 atom stereocenters. The molecule has 3 saturated carbocycles. The molecule has 0 spiro atoms. The Hall–Kier alpha value is -2.37. The number of rotatable bonds is 8. The molecule has 1 aromatic rings. The van der Waals surface area contributed by atoms with Gasteiger partial charge in [-0.2, -0.15) is 0 Å². The van der Waals surface area contributed by atoms with E-state index < -0.39 is 11.1 Å². The molecule has 0 saturated heterocycles. The molecular weight excluding hydrogens is 502 g/mol. The minimum Gasteiger partial charge on any atom is -0.430 e. The third-order valence-corrected chi connectivity index (χ3v) is 11.8. The molecule has 0 N–H and O–H groups in total. The number of non-ortho nitro benzene ring substituents is 1. The number of carbonyl (C=O) groups excluding carboxylic acids is 1. The molecule has 220 valence electrons. The van der Waals surface area contributed by atoms with Crippen molar-refractivity contribution in [3.63, 3.8) is 0 Å². The van der Waals surface area contributed by atoms with Gasteiger partial charge in [0.25, 0.3) is 5.69 Å². The highest BCUT2D eigenvalue weighted by molar-refractivity contribution is 5.64. The number of nitro groups is 1. The minimum atomic E-state index is -0.781. The van der Waals surface area contributed by atoms with Gasteiger partial charge in [0.1, 0.15) is 11.9 Å². The normalized spacial score (nSPS) is 35.6. The molecule has 4 aliphatic rings. The number of ether oxygens (including phenoxy) is 2. The predicted octanol–water partition coefficient (Wildman–Crippen LogP) is 9.52. The average Bonchev–Trinajstić information content (AvgIpc) is 3.26. The number of benzene rings is 1. The topological polar surface area (TPSA) is 78.7 Å². The predicted molar refractivity (Wildman–Crippen MR) is 157 cm³/mol. The number of nitrogens with zero attached hydrogens (tertiary/aromatic N) is 1. The summed E-state index contributed by atoms with van der Waals surface area (Å²) >= 11 is 0. The molecule has 5 rings (SSSR count). The van der Waals surface area contributed by atoms with Gasteiger partial charge in [0.05, 0.1) is 11.0 Å². The standard InChI is InChI=1S/C34H49NO5/c1-22(2)8-6-9-23(3)29-14-15-30-28-13-12-24-20-27(16-18-33(24,4)31(28)17-19-34(29,30)5)40-32(36)39-26-11-7-10-25(21-26)35(37)38/h7,10-12,21-23,27-31H,6,8-9,13-20H2,1-5H3/t23-,27-,28-,29+,30-,31-,33-,34+/m0/s1. The zero-order chi connectivity index (χ0) is 28.7. The van der Waals surface area contributed by atoms with Crippen LogP contribution in [0.3, 0.4) is 0 Å². The van der Waals surface area contributed by atoms with E-state index in [9.17, 15) is 14.9 Å². The fourth-order valence-corrected chi connectivity index (χ4v) is 9.67. The second-order valence-electron chi connectivity index (χ2n) is 14.4. The first-order chi connectivity index (χ1) is 19.0. The molecule has 40 heavy (non-hydrogen) atoms. The van der Waals surface area contributed by atoms with E-state index >= 15 is 0 Å². The zero-order valence-electron chi connectivity index (χ0n) is 25.2. The van der Waals surface area contributed by atoms with Crippen LogP contribution in [0.2, 0.25) is 0 Å². The van der Waals surface area contributed by atoms with Crippen LogP contribution in [0.25, 0.3) is 0 Å². The molecule has 0 heterocycles. The second kappa shape index (κ2) is 11.5. The van der Waals surface area contributed by atoms with Crippen LogP contribution < -0.4 is 4.74 Å². The van der Waals surface area contributed by atoms with Crippen molar-refractivity contribution in [3.8, 4) is 5.75 Å². The largest absolute Gasteiger partial charge is 0.514 e. The summed E-state index contributed by atoms with van der Waals surface area (Å²) in [5.41, 5.74) is 2.03. The van der Waals surface area contributed by atoms with E-state index in [0.717, 1.165) is 61.2 Å². The minimum absolute atomic E-state index is 0.113. The summed E-state index contributed by atoms with van der Waals surface area (Å²) in [5, 5.41) is 11.0. The van der Waals surface area contributed by atoms with E-state index in [1.807, 2.05) is 0 Å². The van der Waals surface area contributed by atoms with Gasteiger partial charge < -0.3 is 9.47 Å². The van der Waals surface area contributed by atoms with Gasteiger partial charge in [-0.15, -0.1) is 0 Å². The maximum atomic E-state index is 12.5. The molecule has 1 aromatic carbocycles. The van der Waals surface area contributed by atoms with Crippen molar-refractivity contribution < 1.29 is 19.2 Å². The molecule has 0 unspecified atom stereocenters. The average molecular weight is 552 g/mol. The molecule has 0 aliphatic heterocycles. The van der Waals surface area contributed by atoms with Crippen molar-refractivity contribution in [1.82, 2.24) is 0 Å². The van der Waals surface area contributed by atoms with Gasteiger partial charge in [-0.1, -0.05) is 71.6 Å². The van der Waals surface area contributed by atoms with Gasteiger partial charge in [-0.05, 0) is 97.3 Å². The first kappa shape index (κ1) is 29.1. The van der Waals surface area contributed by atoms with Crippen LogP contribution in [0, 0.1) is 56.5 Å². The van der Waals surface area contributed by atoms with Gasteiger partial charge in [0, 0.05) is 12.5 Å². The van der Waals surface area contributed by atoms with E-state index in [0.29, 0.717) is 5.41 Å². The Kier molecular flexibility index (Phi) is 8.37. The van der Waals surface area contributed by atoms with Crippen molar-refractivity contribution in [2.24, 2.45) is 46.3 Å². The Balaban J connectivity index is 1.21. The van der Waals surface area contributed by atoms with Gasteiger partial charge in [0.2, 0.25) is 0 Å². The molecule has 0 aromatic heterocycles. The Morgan fingerprint density at radius 1 is 1.07 bits per heavy atom. The number of fused-ring (bicyclic) bond motifs is 5. The number of allylic oxidation sites excluding steroid dienone is 1. The molecule has 0 radical (unpaired) electrons. The molecule has 0 amide bonds. The summed E-state index contributed by atoms with van der Waals surface area (Å²) < 4.78 is 11.0. The highest BCUT2D eigenvalue weighted by Crippen LogP contribution is 2.67. The Morgan fingerprint density at radius 2 is 1.88 bits per heavy atom. The molecule has 4 aliphatic carbocycles. The smallest absolute Gasteiger partial charge is 0.430 e. The van der Waals surface area contributed by atoms with E-state index in [1.54, 1.807) is 0 Å². The van der Waals surface area contributed by atoms with Crippen molar-refractivity contribution >= 4 is 11.8 Å². The number of hydrogen-bond donors (Lipinski definition) is 0. The number of nitro benzene ring substituents is 1. The first-order valence-electron chi connectivity index (χ1n) is 15.8. The van der Waals surface area contributed by atoms with E-state index in [2.05, 4.69) is 40.7 Å². The zero-order valence-corrected chi connectivity index (χ0v) is 25.2. The molecule has 0 bridgehead atoms. The van der Waals surface area contributed by atoms with Crippen LogP contribution in [-0.4, -0.2) is 17.2 Å². The number of hydrogen-bond acceptors (Lipinski definition) is 5. The van der Waals surface area contributed by atoms with E-state index in [-0.39, 0.29) is 23.0 Å². The maximum absolute atomic E-state index is 12.5. The van der Waals surface area contributed by atoms with Gasteiger partial charge >= 0.3 is 6.16 Å². The fraction of sp³-hybridized carbons (Fsp3) is 0.735. The van der Waals surface area contributed by atoms with Gasteiger partial charge in [0.15, 0.2) is 0 Å². The third-order valence-electron chi connectivity index (χ3n) is 11.8. The molecule has 6 nitrogen and oxygen atoms in total. The van der Waals surface area contributed by atoms with Crippen LogP contribution in [0.15, 0.2) is 35.9 Å². The summed E-state index contributed by atoms with van der Waals surface area (Å²) in [6, 6.07) is 5.66. The lowest BCUT2D eigenvalue weighted by Gasteiger charge is -2.58. The monoisotopic (exact) mass is 551 g/mol. The molecule has 3 fully saturated rings. The van der Waals surface area contributed by atoms with Crippen molar-refractivity contribution in [2.75, 3.05) is 0 Å². The van der Waals surface area contributed by atoms with Crippen LogP contribution in [0.4, 0.5) is 10.5 Å². The summed E-state index contributed by atoms with van der Waals surface area (Å²) in [6.45, 7) is 12.4. The Bertz CT molecular complexity index is 1130. The van der Waals surface area contributed by atoms with E-state index in [4.69, 9.17) is 9.47 Å². The third kappa shape index (κ3) is 5.56. The summed E-state index contributed by atoms with van der Waals surface area (Å²) in [4.78, 5) is 23.1. The van der Waals surface area contributed by atoms with Gasteiger partial charge in [-0.25, -0.2) is 4.79 Å². The van der Waals surface area contributed by atoms with Crippen molar-refractivity contribution in [3.05, 3.63) is 46.0 Å². The lowest BCUT2D eigenvalue weighted by Crippen LogP contribution is -2.51. The molecular formula is C34H49NO5. The van der Waals surface area contributed by atoms with Crippen LogP contribution in [0.1, 0.15) is 105 Å². The molecule has 6 heteroatoms.